The van der Waals surface area contributed by atoms with Crippen LogP contribution in [0.3, 0.4) is 0 Å². The van der Waals surface area contributed by atoms with Gasteiger partial charge in [-0.25, -0.2) is 0 Å². The van der Waals surface area contributed by atoms with Gasteiger partial charge in [-0.05, 0) is 0 Å². The molecule has 0 aliphatic rings. The Balaban J connectivity index is -0.0000000215. The number of rotatable bonds is 0. The Morgan fingerprint density at radius 1 is 0.281 bits per heavy atom. The van der Waals surface area contributed by atoms with Gasteiger partial charge in [0.25, 0.3) is 0 Å². The normalized spacial score (nSPS) is 7.88. The Morgan fingerprint density at radius 3 is 0.281 bits per heavy atom. The average Bonchev–Trinajstić information content (AvgIpc) is 2.34. The molecule has 0 spiro atoms. The molecule has 0 aliphatic carbocycles. The van der Waals surface area contributed by atoms with Crippen molar-refractivity contribution in [2.24, 2.45) is 0 Å². The maximum absolute atomic E-state index is 4.89. The van der Waals surface area contributed by atoms with E-state index in [-0.39, 0.29) is 88.0 Å². The van der Waals surface area contributed by atoms with Gasteiger partial charge in [0, 0.05) is 88.0 Å². The fraction of sp³-hybridized carbons (Fsp3) is 1.00. The molecule has 0 nitrogen and oxygen atoms in total. The Hall–Kier alpha value is 4.63. The smallest absolute Gasteiger partial charge is 0 e. The first-order valence-corrected chi connectivity index (χ1v) is 38.8. The van der Waals surface area contributed by atoms with Gasteiger partial charge in [0.1, 0.15) is 0 Å². The Morgan fingerprint density at radius 2 is 0.281 bits per heavy atom. The average molecular weight is 871 g/mol. The summed E-state index contributed by atoms with van der Waals surface area (Å²) < 4.78 is 0. The maximum atomic E-state index is 4.89. The molecule has 0 heterocycles. The zero-order valence-electron chi connectivity index (χ0n) is 24.5. The molecule has 32 heavy (non-hydrogen) atoms. The van der Waals surface area contributed by atoms with Gasteiger partial charge >= 0.3 is 67.2 Å². The molecule has 194 valence electrons. The van der Waals surface area contributed by atoms with E-state index < -0.39 is 27.1 Å². The fourth-order valence-electron chi connectivity index (χ4n) is 0. The zero-order chi connectivity index (χ0) is 26.9. The monoisotopic (exact) mass is 874 g/mol. The van der Waals surface area contributed by atoms with Gasteiger partial charge in [0.05, 0.1) is 0 Å². The molecule has 0 aliphatic heterocycles. The van der Waals surface area contributed by atoms with Crippen molar-refractivity contribution in [2.75, 3.05) is 0 Å². The molecular formula is C18H54Cl4Ge4Si6. The predicted octanol–water partition coefficient (Wildman–Crippen LogP) is 9.46. The van der Waals surface area contributed by atoms with Crippen LogP contribution in [0.25, 0.3) is 0 Å². The van der Waals surface area contributed by atoms with E-state index in [9.17, 15) is 0 Å². The van der Waals surface area contributed by atoms with Gasteiger partial charge in [0.2, 0.25) is 0 Å². The van der Waals surface area contributed by atoms with Crippen LogP contribution in [0.1, 0.15) is 0 Å². The van der Waals surface area contributed by atoms with Crippen LogP contribution in [-0.4, -0.2) is 115 Å². The van der Waals surface area contributed by atoms with Crippen LogP contribution in [0.5, 0.6) is 0 Å². The van der Waals surface area contributed by atoms with Gasteiger partial charge in [-0.1, -0.05) is 118 Å². The molecule has 0 aromatic rings. The van der Waals surface area contributed by atoms with Crippen molar-refractivity contribution in [3.8, 4) is 0 Å². The fourth-order valence-corrected chi connectivity index (χ4v) is 0. The van der Waals surface area contributed by atoms with E-state index in [0.29, 0.717) is 0 Å². The first-order valence-electron chi connectivity index (χ1n) is 9.76. The van der Waals surface area contributed by atoms with Crippen molar-refractivity contribution in [1.82, 2.24) is 0 Å². The van der Waals surface area contributed by atoms with Crippen LogP contribution in [0, 0.1) is 0 Å². The maximum Gasteiger partial charge on any atom is 0 e. The minimum atomic E-state index is -0.556. The minimum absolute atomic E-state index is 0. The van der Waals surface area contributed by atoms with Crippen molar-refractivity contribution >= 4 is 155 Å². The van der Waals surface area contributed by atoms with Crippen LogP contribution in [0.15, 0.2) is 0 Å². The van der Waals surface area contributed by atoms with Gasteiger partial charge < -0.3 is 0 Å². The van der Waals surface area contributed by atoms with Crippen molar-refractivity contribution < 1.29 is 0 Å². The Kier molecular flexibility index (Phi) is 144. The summed E-state index contributed by atoms with van der Waals surface area (Å²) in [5.74, 6) is 0. The topological polar surface area (TPSA) is 0 Å². The molecule has 0 rings (SSSR count). The summed E-state index contributed by atoms with van der Waals surface area (Å²) in [6.07, 6.45) is 0. The van der Waals surface area contributed by atoms with Crippen molar-refractivity contribution in [1.29, 1.82) is 0 Å². The third-order valence-electron chi connectivity index (χ3n) is 0. The summed E-state index contributed by atoms with van der Waals surface area (Å²) in [6, 6.07) is 0. The molecule has 0 aromatic carbocycles. The standard InChI is InChI=1S/6C3H9Si.2Cl2Ge.2Ge/c6*1-4(2)3;2*1-3-2;;/h6*1-3H3;;;;. The third-order valence-corrected chi connectivity index (χ3v) is 0. The minimum Gasteiger partial charge on any atom is 0 e. The first-order chi connectivity index (χ1) is 13.2. The van der Waals surface area contributed by atoms with Gasteiger partial charge in [0.15, 0.2) is 0 Å². The molecule has 18 radical (unpaired) electrons. The quantitative estimate of drug-likeness (QED) is 0.213. The molecule has 0 saturated carbocycles. The van der Waals surface area contributed by atoms with Crippen LogP contribution < -0.4 is 0 Å². The second-order valence-electron chi connectivity index (χ2n) is 9.14. The molecule has 0 fully saturated rings. The molecule has 0 saturated heterocycles. The predicted molar refractivity (Wildman–Crippen MR) is 187 cm³/mol. The van der Waals surface area contributed by atoms with E-state index >= 15 is 0 Å². The first kappa shape index (κ1) is 65.6. The van der Waals surface area contributed by atoms with Crippen LogP contribution in [0.2, 0.25) is 118 Å². The van der Waals surface area contributed by atoms with Crippen molar-refractivity contribution in [3.63, 3.8) is 0 Å². The van der Waals surface area contributed by atoms with Crippen LogP contribution in [0.4, 0.5) is 0 Å². The van der Waals surface area contributed by atoms with E-state index in [1.165, 1.54) is 0 Å². The summed E-state index contributed by atoms with van der Waals surface area (Å²) in [4.78, 5) is 0. The molecule has 14 heteroatoms. The van der Waals surface area contributed by atoms with E-state index in [0.717, 1.165) is 0 Å². The SMILES string of the molecule is C[Si](C)C.C[Si](C)C.C[Si](C)C.C[Si](C)C.C[Si](C)C.C[Si](C)C.[Cl][Ge][Cl].[Cl][Ge][Cl].[Ge].[Ge]. The molecule has 0 aromatic heterocycles. The largest absolute Gasteiger partial charge is 0 e. The van der Waals surface area contributed by atoms with E-state index in [4.69, 9.17) is 40.0 Å². The summed E-state index contributed by atoms with van der Waals surface area (Å²) in [5, 5.41) is 0. The number of halogens is 4. The summed E-state index contributed by atoms with van der Waals surface area (Å²) >= 11 is -1.11. The van der Waals surface area contributed by atoms with Crippen molar-refractivity contribution in [2.45, 2.75) is 118 Å². The van der Waals surface area contributed by atoms with Crippen LogP contribution >= 0.6 is 40.0 Å². The summed E-state index contributed by atoms with van der Waals surface area (Å²) in [6.45, 7) is 40.8. The molecular weight excluding hydrogens is 817 g/mol. The van der Waals surface area contributed by atoms with Crippen molar-refractivity contribution in [3.05, 3.63) is 0 Å². The second-order valence-corrected chi connectivity index (χ2v) is 33.7. The molecule has 0 unspecified atom stereocenters. The third kappa shape index (κ3) is 1830. The van der Waals surface area contributed by atoms with E-state index in [1.54, 1.807) is 0 Å². The Bertz CT molecular complexity index is 149. The summed E-state index contributed by atoms with van der Waals surface area (Å²) in [7, 11) is 20.3. The van der Waals surface area contributed by atoms with Gasteiger partial charge in [-0.15, -0.1) is 0 Å². The van der Waals surface area contributed by atoms with E-state index in [1.807, 2.05) is 0 Å². The zero-order valence-corrected chi connectivity index (χ0v) is 41.9. The molecule has 0 atom stereocenters. The summed E-state index contributed by atoms with van der Waals surface area (Å²) in [5.41, 5.74) is 0. The van der Waals surface area contributed by atoms with Gasteiger partial charge in [-0.3, -0.25) is 0 Å². The Labute approximate surface area is 269 Å². The number of hydrogen-bond donors (Lipinski definition) is 0. The second kappa shape index (κ2) is 70.4. The van der Waals surface area contributed by atoms with E-state index in [2.05, 4.69) is 118 Å². The molecule has 0 bridgehead atoms. The number of hydrogen-bond acceptors (Lipinski definition) is 0. The molecule has 0 amide bonds. The molecule has 0 N–H and O–H groups in total. The van der Waals surface area contributed by atoms with Crippen LogP contribution in [-0.2, 0) is 0 Å². The van der Waals surface area contributed by atoms with Gasteiger partial charge in [-0.2, -0.15) is 0 Å².